The molecule has 1 spiro atoms. The minimum atomic E-state index is -1.17. The van der Waals surface area contributed by atoms with Gasteiger partial charge in [-0.25, -0.2) is 0 Å². The Kier molecular flexibility index (Phi) is 14.9. The molecule has 0 aromatic heterocycles. The van der Waals surface area contributed by atoms with Gasteiger partial charge in [-0.05, 0) is 152 Å². The number of rotatable bonds is 15. The Labute approximate surface area is 418 Å². The van der Waals surface area contributed by atoms with Crippen LogP contribution in [0.15, 0.2) is 109 Å². The summed E-state index contributed by atoms with van der Waals surface area (Å²) in [6, 6.07) is 42.9. The molecule has 362 valence electrons. The van der Waals surface area contributed by atoms with Crippen LogP contribution in [0.1, 0.15) is 214 Å². The fraction of sp³-hybridized carbons (Fsp3) is 0.422. The predicted octanol–water partition coefficient (Wildman–Crippen LogP) is 14.8. The zero-order chi connectivity index (χ0) is 49.8. The minimum Gasteiger partial charge on any atom is -0.492 e. The van der Waals surface area contributed by atoms with Crippen LogP contribution in [0.4, 0.5) is 0 Å². The van der Waals surface area contributed by atoms with Crippen molar-refractivity contribution in [3.8, 4) is 11.5 Å². The Morgan fingerprint density at radius 3 is 0.971 bits per heavy atom. The summed E-state index contributed by atoms with van der Waals surface area (Å²) in [6.07, 6.45) is 0.287. The summed E-state index contributed by atoms with van der Waals surface area (Å²) >= 11 is 0. The molecule has 1 unspecified atom stereocenters. The molecule has 0 aliphatic carbocycles. The summed E-state index contributed by atoms with van der Waals surface area (Å²) in [6.45, 7) is 37.3. The number of hydrogen-bond donors (Lipinski definition) is 0. The number of ether oxygens (including phenoxy) is 2. The normalized spacial score (nSPS) is 16.7. The van der Waals surface area contributed by atoms with Crippen molar-refractivity contribution in [2.24, 2.45) is 0 Å². The molecular formula is C64H78O3P2. The van der Waals surface area contributed by atoms with Gasteiger partial charge in [-0.3, -0.25) is 4.79 Å². The minimum absolute atomic E-state index is 0.318. The van der Waals surface area contributed by atoms with Crippen molar-refractivity contribution < 1.29 is 14.3 Å². The summed E-state index contributed by atoms with van der Waals surface area (Å²) in [5.41, 5.74) is 12.1. The van der Waals surface area contributed by atoms with Crippen LogP contribution >= 0.6 is 15.8 Å². The topological polar surface area (TPSA) is 35.5 Å². The molecule has 2 aliphatic heterocycles. The number of carbonyl (C=O) groups excluding carboxylic acids is 1. The summed E-state index contributed by atoms with van der Waals surface area (Å²) in [7, 11) is -2.35. The Balaban J connectivity index is 1.49. The van der Waals surface area contributed by atoms with E-state index >= 15 is 0 Å². The lowest BCUT2D eigenvalue weighted by Gasteiger charge is -2.34. The molecule has 6 aromatic carbocycles. The average molecular weight is 957 g/mol. The third kappa shape index (κ3) is 9.66. The zero-order valence-electron chi connectivity index (χ0n) is 44.5. The van der Waals surface area contributed by atoms with Crippen molar-refractivity contribution in [3.63, 3.8) is 0 Å². The predicted molar refractivity (Wildman–Crippen MR) is 300 cm³/mol. The van der Waals surface area contributed by atoms with E-state index in [2.05, 4.69) is 220 Å². The second kappa shape index (κ2) is 20.3. The van der Waals surface area contributed by atoms with E-state index in [4.69, 9.17) is 9.47 Å². The number of carbonyl (C=O) groups is 1. The summed E-state index contributed by atoms with van der Waals surface area (Å²) in [5.74, 6) is 4.49. The third-order valence-electron chi connectivity index (χ3n) is 14.9. The van der Waals surface area contributed by atoms with Gasteiger partial charge < -0.3 is 9.47 Å². The first kappa shape index (κ1) is 50.8. The van der Waals surface area contributed by atoms with E-state index in [9.17, 15) is 4.79 Å². The summed E-state index contributed by atoms with van der Waals surface area (Å²) in [4.78, 5) is 14.1. The van der Waals surface area contributed by atoms with E-state index < -0.39 is 27.4 Å². The van der Waals surface area contributed by atoms with Crippen LogP contribution in [0.3, 0.4) is 0 Å². The molecule has 5 heteroatoms. The monoisotopic (exact) mass is 957 g/mol. The molecule has 0 fully saturated rings. The second-order valence-corrected chi connectivity index (χ2v) is 26.9. The van der Waals surface area contributed by atoms with Crippen LogP contribution < -0.4 is 41.3 Å². The van der Waals surface area contributed by atoms with Gasteiger partial charge >= 0.3 is 0 Å². The molecule has 2 aliphatic rings. The molecule has 0 N–H and O–H groups in total. The molecule has 8 rings (SSSR count). The standard InChI is InChI=1S/C64H78O3P2/c1-37(2)45-23-46(38(3)4)28-53(27-45)68(54-29-47(39(5)6)24-48(30-54)40(7)8)59-21-17-19-57-62(59)64(36-66-57)61(35-65)67-58-20-18-22-60(63(58)64)69(55-31-49(41(9)10)25-50(32-55)42(11)12)56-33-51(43(13)14)26-52(34-56)44(15)16/h17-35,37-44,61H,36H2,1-16H3/t61-,64?/m1/s1. The fourth-order valence-electron chi connectivity index (χ4n) is 10.4. The van der Waals surface area contributed by atoms with Crippen molar-refractivity contribution in [2.45, 2.75) is 170 Å². The van der Waals surface area contributed by atoms with Gasteiger partial charge in [-0.1, -0.05) is 208 Å². The van der Waals surface area contributed by atoms with Crippen LogP contribution in [0.5, 0.6) is 11.5 Å². The fourth-order valence-corrected chi connectivity index (χ4v) is 15.9. The van der Waals surface area contributed by atoms with Gasteiger partial charge in [0.1, 0.15) is 23.5 Å². The lowest BCUT2D eigenvalue weighted by molar-refractivity contribution is -0.115. The van der Waals surface area contributed by atoms with Crippen LogP contribution in [-0.4, -0.2) is 19.0 Å². The van der Waals surface area contributed by atoms with Crippen LogP contribution in [0.25, 0.3) is 0 Å². The van der Waals surface area contributed by atoms with Crippen LogP contribution in [0.2, 0.25) is 0 Å². The Bertz CT molecular complexity index is 2470. The Morgan fingerprint density at radius 1 is 0.420 bits per heavy atom. The molecule has 3 nitrogen and oxygen atoms in total. The maximum absolute atomic E-state index is 14.1. The first-order valence-corrected chi connectivity index (χ1v) is 28.6. The van der Waals surface area contributed by atoms with Gasteiger partial charge in [0.15, 0.2) is 12.4 Å². The highest BCUT2D eigenvalue weighted by molar-refractivity contribution is 7.80. The van der Waals surface area contributed by atoms with E-state index in [1.165, 1.54) is 76.3 Å². The first-order chi connectivity index (χ1) is 32.7. The van der Waals surface area contributed by atoms with Crippen molar-refractivity contribution >= 4 is 54.0 Å². The van der Waals surface area contributed by atoms with Crippen LogP contribution in [-0.2, 0) is 10.2 Å². The zero-order valence-corrected chi connectivity index (χ0v) is 46.3. The quantitative estimate of drug-likeness (QED) is 0.0760. The van der Waals surface area contributed by atoms with E-state index in [1.54, 1.807) is 0 Å². The smallest absolute Gasteiger partial charge is 0.171 e. The average Bonchev–Trinajstić information content (AvgIpc) is 3.87. The molecule has 2 atom stereocenters. The highest BCUT2D eigenvalue weighted by Gasteiger charge is 2.58. The maximum Gasteiger partial charge on any atom is 0.171 e. The van der Waals surface area contributed by atoms with E-state index in [0.29, 0.717) is 54.0 Å². The second-order valence-electron chi connectivity index (χ2n) is 22.6. The van der Waals surface area contributed by atoms with Gasteiger partial charge in [0.2, 0.25) is 0 Å². The van der Waals surface area contributed by atoms with Gasteiger partial charge in [0, 0.05) is 11.1 Å². The number of aldehydes is 1. The highest BCUT2D eigenvalue weighted by atomic mass is 31.1. The molecule has 0 saturated carbocycles. The summed E-state index contributed by atoms with van der Waals surface area (Å²) < 4.78 is 14.1. The molecule has 0 saturated heterocycles. The molecule has 6 aromatic rings. The van der Waals surface area contributed by atoms with Crippen molar-refractivity contribution in [1.29, 1.82) is 0 Å². The van der Waals surface area contributed by atoms with Crippen LogP contribution in [0, 0.1) is 0 Å². The van der Waals surface area contributed by atoms with E-state index in [1.807, 2.05) is 0 Å². The Morgan fingerprint density at radius 2 is 0.696 bits per heavy atom. The summed E-state index contributed by atoms with van der Waals surface area (Å²) in [5, 5.41) is 7.81. The maximum atomic E-state index is 14.1. The third-order valence-corrected chi connectivity index (χ3v) is 19.7. The Hall–Kier alpha value is -4.55. The number of benzene rings is 6. The SMILES string of the molecule is CC(C)c1cc(C(C)C)cc(P(c2cc(C(C)C)cc(C(C)C)c2)c2cccc3c2C2(CO3)c3c(cccc3P(c3cc(C(C)C)cc(C(C)C)c3)c3cc(C(C)C)cc(C(C)C)c3)O[C@@H]2C=O)c1. The number of hydrogen-bond acceptors (Lipinski definition) is 3. The molecule has 69 heavy (non-hydrogen) atoms. The van der Waals surface area contributed by atoms with Gasteiger partial charge in [-0.15, -0.1) is 0 Å². The highest BCUT2D eigenvalue weighted by Crippen LogP contribution is 2.57. The number of fused-ring (bicyclic) bond motifs is 4. The van der Waals surface area contributed by atoms with E-state index in [-0.39, 0.29) is 0 Å². The first-order valence-electron chi connectivity index (χ1n) is 25.9. The van der Waals surface area contributed by atoms with Gasteiger partial charge in [0.05, 0.1) is 0 Å². The molecule has 0 radical (unpaired) electrons. The molecule has 0 bridgehead atoms. The lowest BCUT2D eigenvalue weighted by Crippen LogP contribution is -2.47. The van der Waals surface area contributed by atoms with Gasteiger partial charge in [-0.2, -0.15) is 0 Å². The largest absolute Gasteiger partial charge is 0.492 e. The molecule has 2 heterocycles. The molecular weight excluding hydrogens is 879 g/mol. The van der Waals surface area contributed by atoms with Crippen molar-refractivity contribution in [1.82, 2.24) is 0 Å². The lowest BCUT2D eigenvalue weighted by atomic mass is 9.73. The van der Waals surface area contributed by atoms with Gasteiger partial charge in [0.25, 0.3) is 0 Å². The van der Waals surface area contributed by atoms with E-state index in [0.717, 1.165) is 28.9 Å². The van der Waals surface area contributed by atoms with Crippen molar-refractivity contribution in [2.75, 3.05) is 6.61 Å². The van der Waals surface area contributed by atoms with Crippen molar-refractivity contribution in [3.05, 3.63) is 165 Å². The molecule has 0 amide bonds.